The minimum absolute atomic E-state index is 0.167. The molecule has 5 rings (SSSR count). The predicted molar refractivity (Wildman–Crippen MR) is 118 cm³/mol. The quantitative estimate of drug-likeness (QED) is 0.737. The number of nitrogens with zero attached hydrogens (tertiary/aromatic N) is 5. The monoisotopic (exact) mass is 434 g/mol. The molecule has 3 aliphatic rings. The number of piperidine rings is 1. The lowest BCUT2D eigenvalue weighted by Gasteiger charge is -2.29. The third kappa shape index (κ3) is 2.95. The highest BCUT2D eigenvalue weighted by molar-refractivity contribution is 6.05. The van der Waals surface area contributed by atoms with Crippen LogP contribution in [0.15, 0.2) is 29.5 Å². The van der Waals surface area contributed by atoms with Gasteiger partial charge in [-0.3, -0.25) is 29.4 Å². The van der Waals surface area contributed by atoms with Crippen molar-refractivity contribution in [3.05, 3.63) is 41.2 Å². The van der Waals surface area contributed by atoms with Crippen LogP contribution in [0.1, 0.15) is 48.3 Å². The molecule has 32 heavy (non-hydrogen) atoms. The van der Waals surface area contributed by atoms with Crippen LogP contribution in [0.4, 0.5) is 0 Å². The van der Waals surface area contributed by atoms with Crippen LogP contribution in [0.5, 0.6) is 0 Å². The number of hydrogen-bond acceptors (Lipinski definition) is 6. The molecule has 0 saturated carbocycles. The number of imide groups is 1. The Morgan fingerprint density at radius 1 is 1.16 bits per heavy atom. The van der Waals surface area contributed by atoms with E-state index in [-0.39, 0.29) is 23.7 Å². The molecule has 1 aromatic heterocycles. The average molecular weight is 435 g/mol. The van der Waals surface area contributed by atoms with Crippen molar-refractivity contribution in [1.82, 2.24) is 25.0 Å². The molecule has 1 aromatic carbocycles. The van der Waals surface area contributed by atoms with Gasteiger partial charge in [-0.25, -0.2) is 0 Å². The van der Waals surface area contributed by atoms with Gasteiger partial charge >= 0.3 is 0 Å². The molecule has 1 N–H and O–H groups in total. The van der Waals surface area contributed by atoms with E-state index < -0.39 is 11.9 Å². The predicted octanol–water partition coefficient (Wildman–Crippen LogP) is 1.43. The van der Waals surface area contributed by atoms with Gasteiger partial charge < -0.3 is 4.90 Å². The topological polar surface area (TPSA) is 99.9 Å². The maximum absolute atomic E-state index is 13.0. The highest BCUT2D eigenvalue weighted by Crippen LogP contribution is 2.39. The van der Waals surface area contributed by atoms with Crippen molar-refractivity contribution < 1.29 is 14.4 Å². The number of fused-ring (bicyclic) bond motifs is 1. The van der Waals surface area contributed by atoms with Crippen molar-refractivity contribution in [3.8, 4) is 11.1 Å². The fourth-order valence-corrected chi connectivity index (χ4v) is 5.27. The van der Waals surface area contributed by atoms with E-state index in [1.807, 2.05) is 55.1 Å². The van der Waals surface area contributed by atoms with Crippen LogP contribution in [0, 0.1) is 0 Å². The molecule has 9 nitrogen and oxygen atoms in total. The molecule has 2 atom stereocenters. The molecule has 0 spiro atoms. The first kappa shape index (κ1) is 20.4. The van der Waals surface area contributed by atoms with E-state index in [4.69, 9.17) is 0 Å². The Labute approximate surface area is 186 Å². The molecule has 0 aliphatic carbocycles. The van der Waals surface area contributed by atoms with Crippen molar-refractivity contribution in [1.29, 1.82) is 0 Å². The Morgan fingerprint density at radius 2 is 1.94 bits per heavy atom. The van der Waals surface area contributed by atoms with E-state index in [9.17, 15) is 14.4 Å². The normalized spacial score (nSPS) is 25.3. The second-order valence-corrected chi connectivity index (χ2v) is 9.14. The molecule has 0 bridgehead atoms. The van der Waals surface area contributed by atoms with Crippen LogP contribution in [-0.4, -0.2) is 62.8 Å². The molecule has 166 valence electrons. The van der Waals surface area contributed by atoms with Gasteiger partial charge in [0.05, 0.1) is 23.9 Å². The third-order valence-electron chi connectivity index (χ3n) is 6.96. The maximum Gasteiger partial charge on any atom is 0.255 e. The summed E-state index contributed by atoms with van der Waals surface area (Å²) in [4.78, 5) is 38.4. The van der Waals surface area contributed by atoms with Gasteiger partial charge in [-0.05, 0) is 43.5 Å². The fraction of sp³-hybridized carbons (Fsp3) is 0.435. The lowest BCUT2D eigenvalue weighted by molar-refractivity contribution is -0.136. The maximum atomic E-state index is 13.0. The van der Waals surface area contributed by atoms with E-state index in [0.717, 1.165) is 34.6 Å². The number of aryl methyl sites for hydroxylation is 1. The minimum atomic E-state index is -0.614. The van der Waals surface area contributed by atoms with Crippen molar-refractivity contribution in [2.75, 3.05) is 13.6 Å². The Hall–Kier alpha value is -3.49. The Bertz CT molecular complexity index is 1200. The van der Waals surface area contributed by atoms with Crippen molar-refractivity contribution in [2.45, 2.75) is 44.7 Å². The Kier molecular flexibility index (Phi) is 4.47. The third-order valence-corrected chi connectivity index (χ3v) is 6.96. The largest absolute Gasteiger partial charge is 0.322 e. The van der Waals surface area contributed by atoms with Crippen molar-refractivity contribution in [2.24, 2.45) is 12.1 Å². The first-order valence-corrected chi connectivity index (χ1v) is 10.8. The molecular weight excluding hydrogens is 408 g/mol. The van der Waals surface area contributed by atoms with Crippen LogP contribution in [-0.2, 0) is 28.6 Å². The van der Waals surface area contributed by atoms with Gasteiger partial charge in [-0.2, -0.15) is 10.2 Å². The van der Waals surface area contributed by atoms with E-state index >= 15 is 0 Å². The standard InChI is InChI=1S/C23H26N6O3/c1-13-23(2,12-27(3)26-13)20-17(10-24-28(20)4)14-5-6-16-15(9-14)11-29(22(16)32)18-7-8-19(30)25-21(18)31/h5-6,9-10,18H,7-8,11-12H2,1-4H3,(H,25,30,31). The summed E-state index contributed by atoms with van der Waals surface area (Å²) in [5, 5.41) is 13.4. The zero-order valence-electron chi connectivity index (χ0n) is 18.7. The Balaban J connectivity index is 1.49. The van der Waals surface area contributed by atoms with E-state index in [1.54, 1.807) is 4.90 Å². The summed E-state index contributed by atoms with van der Waals surface area (Å²) in [6.45, 7) is 5.33. The minimum Gasteiger partial charge on any atom is -0.322 e. The number of likely N-dealkylation sites (N-methyl/N-ethyl adjacent to an activating group) is 1. The summed E-state index contributed by atoms with van der Waals surface area (Å²) in [6.07, 6.45) is 2.46. The van der Waals surface area contributed by atoms with Crippen LogP contribution >= 0.6 is 0 Å². The summed E-state index contributed by atoms with van der Waals surface area (Å²) in [7, 11) is 3.91. The first-order chi connectivity index (χ1) is 15.2. The number of hydrogen-bond donors (Lipinski definition) is 1. The van der Waals surface area contributed by atoms with Gasteiger partial charge in [0.15, 0.2) is 0 Å². The molecule has 3 amide bonds. The number of rotatable bonds is 3. The highest BCUT2D eigenvalue weighted by atomic mass is 16.2. The number of aromatic nitrogens is 2. The van der Waals surface area contributed by atoms with Gasteiger partial charge in [0, 0.05) is 43.9 Å². The van der Waals surface area contributed by atoms with Crippen LogP contribution in [0.25, 0.3) is 11.1 Å². The number of hydrazone groups is 1. The smallest absolute Gasteiger partial charge is 0.255 e. The van der Waals surface area contributed by atoms with Crippen molar-refractivity contribution in [3.63, 3.8) is 0 Å². The molecule has 1 fully saturated rings. The van der Waals surface area contributed by atoms with Gasteiger partial charge in [0.25, 0.3) is 5.91 Å². The lowest BCUT2D eigenvalue weighted by atomic mass is 9.79. The van der Waals surface area contributed by atoms with E-state index in [1.165, 1.54) is 0 Å². The SMILES string of the molecule is CC1=NN(C)CC1(C)c1c(-c2ccc3c(c2)CN(C2CCC(=O)NC2=O)C3=O)cnn1C. The number of amides is 3. The number of benzene rings is 1. The van der Waals surface area contributed by atoms with Gasteiger partial charge in [-0.15, -0.1) is 0 Å². The first-order valence-electron chi connectivity index (χ1n) is 10.8. The Morgan fingerprint density at radius 3 is 2.62 bits per heavy atom. The van der Waals surface area contributed by atoms with Gasteiger partial charge in [-0.1, -0.05) is 6.07 Å². The molecule has 3 aliphatic heterocycles. The second kappa shape index (κ2) is 7.01. The van der Waals surface area contributed by atoms with Crippen LogP contribution in [0.3, 0.4) is 0 Å². The number of carbonyl (C=O) groups excluding carboxylic acids is 3. The zero-order valence-corrected chi connectivity index (χ0v) is 18.7. The molecular formula is C23H26N6O3. The number of nitrogens with one attached hydrogen (secondary N) is 1. The molecule has 4 heterocycles. The summed E-state index contributed by atoms with van der Waals surface area (Å²) < 4.78 is 1.90. The summed E-state index contributed by atoms with van der Waals surface area (Å²) in [6, 6.07) is 5.19. The van der Waals surface area contributed by atoms with Crippen LogP contribution < -0.4 is 5.32 Å². The van der Waals surface area contributed by atoms with Gasteiger partial charge in [0.2, 0.25) is 11.8 Å². The fourth-order valence-electron chi connectivity index (χ4n) is 5.27. The molecule has 2 aromatic rings. The molecule has 0 radical (unpaired) electrons. The second-order valence-electron chi connectivity index (χ2n) is 9.14. The van der Waals surface area contributed by atoms with Crippen molar-refractivity contribution >= 4 is 23.4 Å². The molecule has 2 unspecified atom stereocenters. The van der Waals surface area contributed by atoms with E-state index in [2.05, 4.69) is 22.4 Å². The van der Waals surface area contributed by atoms with Gasteiger partial charge in [0.1, 0.15) is 6.04 Å². The summed E-state index contributed by atoms with van der Waals surface area (Å²) in [5.41, 5.74) is 5.31. The average Bonchev–Trinajstić information content (AvgIpc) is 3.35. The summed E-state index contributed by atoms with van der Waals surface area (Å²) in [5.74, 6) is -0.850. The van der Waals surface area contributed by atoms with E-state index in [0.29, 0.717) is 18.5 Å². The van der Waals surface area contributed by atoms with Crippen LogP contribution in [0.2, 0.25) is 0 Å². The zero-order chi connectivity index (χ0) is 22.8. The lowest BCUT2D eigenvalue weighted by Crippen LogP contribution is -2.52. The molecule has 9 heteroatoms. The highest BCUT2D eigenvalue weighted by Gasteiger charge is 2.42. The summed E-state index contributed by atoms with van der Waals surface area (Å²) >= 11 is 0. The molecule has 1 saturated heterocycles. The number of carbonyl (C=O) groups is 3.